The summed E-state index contributed by atoms with van der Waals surface area (Å²) in [6.45, 7) is 3.11. The number of allylic oxidation sites excluding steroid dienone is 1. The molecule has 0 saturated carbocycles. The van der Waals surface area contributed by atoms with Gasteiger partial charge in [0.2, 0.25) is 0 Å². The molecule has 6 heteroatoms. The maximum Gasteiger partial charge on any atom is 0.327 e. The van der Waals surface area contributed by atoms with E-state index in [1.807, 2.05) is 0 Å². The van der Waals surface area contributed by atoms with Gasteiger partial charge in [-0.1, -0.05) is 11.1 Å². The Bertz CT molecular complexity index is 179. The van der Waals surface area contributed by atoms with E-state index in [1.54, 1.807) is 0 Å². The first-order chi connectivity index (χ1) is 4.18. The number of hydrogen-bond acceptors (Lipinski definition) is 4. The first-order valence-electron chi connectivity index (χ1n) is 1.75. The van der Waals surface area contributed by atoms with Crippen LogP contribution in [0.1, 0.15) is 0 Å². The molecule has 0 fully saturated rings. The van der Waals surface area contributed by atoms with Crippen LogP contribution >= 0.6 is 0 Å². The Balaban J connectivity index is 0. The van der Waals surface area contributed by atoms with Crippen LogP contribution in [0.3, 0.4) is 0 Å². The van der Waals surface area contributed by atoms with Gasteiger partial charge in [0.05, 0.1) is 0 Å². The van der Waals surface area contributed by atoms with Crippen LogP contribution in [0.4, 0.5) is 0 Å². The zero-order chi connectivity index (χ0) is 7.70. The van der Waals surface area contributed by atoms with Crippen molar-refractivity contribution >= 4 is 16.8 Å². The molecule has 0 atom stereocenters. The summed E-state index contributed by atoms with van der Waals surface area (Å²) >= 11 is 0. The van der Waals surface area contributed by atoms with Crippen molar-refractivity contribution < 1.29 is 13.2 Å². The Labute approximate surface area is 53.9 Å². The average Bonchev–Trinajstić information content (AvgIpc) is 1.89. The van der Waals surface area contributed by atoms with E-state index in [2.05, 4.69) is 16.9 Å². The fourth-order valence-corrected chi connectivity index (χ4v) is 0. The van der Waals surface area contributed by atoms with Gasteiger partial charge in [-0.25, -0.2) is 5.84 Å². The topological polar surface area (TPSA) is 89.6 Å². The van der Waals surface area contributed by atoms with Crippen LogP contribution in [0.5, 0.6) is 0 Å². The van der Waals surface area contributed by atoms with Crippen LogP contribution in [0.2, 0.25) is 0 Å². The Morgan fingerprint density at radius 3 is 1.78 bits per heavy atom. The van der Waals surface area contributed by atoms with Crippen molar-refractivity contribution in [2.45, 2.75) is 0 Å². The normalized spacial score (nSPS) is 5.89. The van der Waals surface area contributed by atoms with Gasteiger partial charge in [0.15, 0.2) is 0 Å². The minimum absolute atomic E-state index is 0.639. The maximum absolute atomic E-state index is 9.08. The Morgan fingerprint density at radius 1 is 1.56 bits per heavy atom. The molecule has 0 aliphatic carbocycles. The van der Waals surface area contributed by atoms with Gasteiger partial charge < -0.3 is 0 Å². The van der Waals surface area contributed by atoms with E-state index in [9.17, 15) is 0 Å². The first-order valence-corrected chi connectivity index (χ1v) is 2.78. The predicted molar refractivity (Wildman–Crippen MR) is 31.8 cm³/mol. The fraction of sp³-hybridized carbons (Fsp3) is 0. The molecule has 0 amide bonds. The molecule has 0 radical (unpaired) electrons. The molecule has 0 aromatic rings. The summed E-state index contributed by atoms with van der Waals surface area (Å²) in [5.41, 5.74) is 0. The van der Waals surface area contributed by atoms with Gasteiger partial charge >= 0.3 is 10.5 Å². The quantitative estimate of drug-likeness (QED) is 0.231. The second-order valence-corrected chi connectivity index (χ2v) is 1.34. The van der Waals surface area contributed by atoms with Crippen molar-refractivity contribution in [3.63, 3.8) is 0 Å². The smallest absolute Gasteiger partial charge is 0.299 e. The van der Waals surface area contributed by atoms with E-state index in [4.69, 9.17) is 13.2 Å². The summed E-state index contributed by atoms with van der Waals surface area (Å²) in [5.74, 6) is 4.18. The number of nitrogens with zero attached hydrogens (tertiary/aromatic N) is 1. The van der Waals surface area contributed by atoms with E-state index in [-0.39, 0.29) is 0 Å². The summed E-state index contributed by atoms with van der Waals surface area (Å²) < 4.78 is 20.5. The van der Waals surface area contributed by atoms with E-state index in [0.717, 1.165) is 0 Å². The van der Waals surface area contributed by atoms with Crippen LogP contribution < -0.4 is 5.84 Å². The summed E-state index contributed by atoms with van der Waals surface area (Å²) in [5, 5.41) is 0. The van der Waals surface area contributed by atoms with Crippen molar-refractivity contribution in [1.82, 2.24) is 0 Å². The molecule has 9 heavy (non-hydrogen) atoms. The van der Waals surface area contributed by atoms with Crippen molar-refractivity contribution in [1.29, 1.82) is 0 Å². The van der Waals surface area contributed by atoms with Crippen LogP contribution in [0.25, 0.3) is 0 Å². The van der Waals surface area contributed by atoms with E-state index in [0.29, 0.717) is 6.29 Å². The number of nitrogens with two attached hydrogens (primary N) is 1. The highest BCUT2D eigenvalue weighted by molar-refractivity contribution is 7.61. The predicted octanol–water partition coefficient (Wildman–Crippen LogP) is -0.706. The third kappa shape index (κ3) is 44.0. The Kier molecular flexibility index (Phi) is 12.2. The molecular weight excluding hydrogens is 144 g/mol. The number of carbonyl (C=O) groups excluding carboxylic acids is 1. The maximum atomic E-state index is 9.08. The zero-order valence-electron chi connectivity index (χ0n) is 4.52. The third-order valence-corrected chi connectivity index (χ3v) is 0.354. The monoisotopic (exact) mass is 150 g/mol. The SMILES string of the molecule is C=CC=O.NN=S(=O)=O. The largest absolute Gasteiger partial charge is 0.327 e. The lowest BCUT2D eigenvalue weighted by Gasteiger charge is -1.43. The van der Waals surface area contributed by atoms with Crippen LogP contribution in [0, 0.1) is 0 Å². The van der Waals surface area contributed by atoms with Crippen molar-refractivity contribution in [2.75, 3.05) is 0 Å². The molecule has 0 aromatic carbocycles. The molecule has 0 bridgehead atoms. The highest BCUT2D eigenvalue weighted by Crippen LogP contribution is 1.35. The molecule has 0 unspecified atom stereocenters. The number of aldehydes is 1. The van der Waals surface area contributed by atoms with E-state index >= 15 is 0 Å². The number of rotatable bonds is 1. The third-order valence-electron chi connectivity index (χ3n) is 0.182. The van der Waals surface area contributed by atoms with Gasteiger partial charge in [-0.3, -0.25) is 4.79 Å². The summed E-state index contributed by atoms with van der Waals surface area (Å²) in [6.07, 6.45) is 1.83. The molecule has 52 valence electrons. The van der Waals surface area contributed by atoms with Crippen molar-refractivity contribution in [3.05, 3.63) is 12.7 Å². The number of carbonyl (C=O) groups is 1. The van der Waals surface area contributed by atoms with Crippen LogP contribution in [0.15, 0.2) is 17.1 Å². The molecule has 2 N–H and O–H groups in total. The first kappa shape index (κ1) is 10.9. The molecule has 0 aliphatic heterocycles. The second kappa shape index (κ2) is 10.1. The lowest BCUT2D eigenvalue weighted by Crippen LogP contribution is -1.73. The minimum Gasteiger partial charge on any atom is -0.299 e. The Morgan fingerprint density at radius 2 is 1.78 bits per heavy atom. The van der Waals surface area contributed by atoms with Crippen molar-refractivity contribution in [2.24, 2.45) is 10.3 Å². The summed E-state index contributed by atoms with van der Waals surface area (Å²) in [6, 6.07) is 0. The molecule has 0 saturated heterocycles. The molecule has 0 heterocycles. The molecular formula is C3H6N2O3S. The van der Waals surface area contributed by atoms with Crippen LogP contribution in [-0.4, -0.2) is 14.7 Å². The molecule has 0 spiro atoms. The van der Waals surface area contributed by atoms with Gasteiger partial charge in [0, 0.05) is 0 Å². The molecule has 5 nitrogen and oxygen atoms in total. The van der Waals surface area contributed by atoms with E-state index < -0.39 is 10.5 Å². The van der Waals surface area contributed by atoms with Gasteiger partial charge in [-0.05, 0) is 6.08 Å². The lowest BCUT2D eigenvalue weighted by molar-refractivity contribution is -0.104. The average molecular weight is 150 g/mol. The van der Waals surface area contributed by atoms with Gasteiger partial charge in [-0.15, -0.1) is 0 Å². The molecule has 0 rings (SSSR count). The number of hydrogen-bond donors (Lipinski definition) is 1. The standard InChI is InChI=1S/C3H4O.H2N2O2S/c1-2-3-4;1-2-5(3)4/h2-3H,1H2;1H2. The highest BCUT2D eigenvalue weighted by atomic mass is 32.2. The van der Waals surface area contributed by atoms with Crippen molar-refractivity contribution in [3.8, 4) is 0 Å². The zero-order valence-corrected chi connectivity index (χ0v) is 5.34. The second-order valence-electron chi connectivity index (χ2n) is 0.694. The van der Waals surface area contributed by atoms with E-state index in [1.165, 1.54) is 6.08 Å². The highest BCUT2D eigenvalue weighted by Gasteiger charge is 1.47. The Hall–Kier alpha value is -1.01. The summed E-state index contributed by atoms with van der Waals surface area (Å²) in [7, 11) is -2.42. The molecule has 0 aromatic heterocycles. The van der Waals surface area contributed by atoms with Crippen LogP contribution in [-0.2, 0) is 15.3 Å². The fourth-order valence-electron chi connectivity index (χ4n) is 0. The summed E-state index contributed by atoms with van der Waals surface area (Å²) in [4.78, 5) is 9.06. The lowest BCUT2D eigenvalue weighted by atomic mass is 10.8. The molecule has 0 aliphatic rings. The van der Waals surface area contributed by atoms with Gasteiger partial charge in [0.25, 0.3) is 0 Å². The van der Waals surface area contributed by atoms with Gasteiger partial charge in [-0.2, -0.15) is 8.42 Å². The van der Waals surface area contributed by atoms with Gasteiger partial charge in [0.1, 0.15) is 6.29 Å². The minimum atomic E-state index is -2.42.